The van der Waals surface area contributed by atoms with Crippen molar-refractivity contribution in [3.05, 3.63) is 28.7 Å². The van der Waals surface area contributed by atoms with E-state index < -0.39 is 0 Å². The highest BCUT2D eigenvalue weighted by atomic mass is 79.9. The summed E-state index contributed by atoms with van der Waals surface area (Å²) in [6.07, 6.45) is 0. The van der Waals surface area contributed by atoms with Gasteiger partial charge in [-0.1, -0.05) is 29.8 Å². The van der Waals surface area contributed by atoms with E-state index >= 15 is 0 Å². The van der Waals surface area contributed by atoms with Crippen LogP contribution >= 0.6 is 27.7 Å². The minimum atomic E-state index is 0.211. The van der Waals surface area contributed by atoms with Gasteiger partial charge in [0.1, 0.15) is 5.78 Å². The van der Waals surface area contributed by atoms with E-state index in [1.165, 1.54) is 0 Å². The Morgan fingerprint density at radius 2 is 1.79 bits per heavy atom. The lowest BCUT2D eigenvalue weighted by Crippen LogP contribution is -1.92. The molecular formula is C11H15BrOS. The molecule has 0 saturated carbocycles. The van der Waals surface area contributed by atoms with Crippen molar-refractivity contribution in [2.45, 2.75) is 25.7 Å². The van der Waals surface area contributed by atoms with E-state index in [9.17, 15) is 4.79 Å². The highest BCUT2D eigenvalue weighted by Crippen LogP contribution is 2.20. The van der Waals surface area contributed by atoms with Crippen molar-refractivity contribution in [2.75, 3.05) is 5.75 Å². The molecule has 0 atom stereocenters. The van der Waals surface area contributed by atoms with E-state index in [1.54, 1.807) is 18.7 Å². The number of carbonyl (C=O) groups excluding carboxylic acids is 1. The van der Waals surface area contributed by atoms with Crippen LogP contribution in [0.5, 0.6) is 0 Å². The number of benzene rings is 1. The van der Waals surface area contributed by atoms with Crippen molar-refractivity contribution in [1.82, 2.24) is 0 Å². The normalized spacial score (nSPS) is 8.86. The fraction of sp³-hybridized carbons (Fsp3) is 0.364. The molecule has 0 aliphatic carbocycles. The molecule has 14 heavy (non-hydrogen) atoms. The van der Waals surface area contributed by atoms with Gasteiger partial charge in [-0.15, -0.1) is 11.8 Å². The van der Waals surface area contributed by atoms with E-state index in [0.717, 1.165) is 9.37 Å². The molecule has 1 aromatic rings. The third-order valence-corrected chi connectivity index (χ3v) is 2.94. The van der Waals surface area contributed by atoms with Gasteiger partial charge in [0.15, 0.2) is 0 Å². The second kappa shape index (κ2) is 8.06. The number of Topliss-reactive ketones (excluding diaryl/α,β-unsaturated/α-hetero) is 1. The molecule has 0 radical (unpaired) electrons. The first-order valence-corrected chi connectivity index (χ1v) is 6.34. The van der Waals surface area contributed by atoms with Gasteiger partial charge in [0, 0.05) is 9.37 Å². The minimum Gasteiger partial charge on any atom is -0.299 e. The van der Waals surface area contributed by atoms with Crippen molar-refractivity contribution in [1.29, 1.82) is 0 Å². The third kappa shape index (κ3) is 6.22. The summed E-state index contributed by atoms with van der Waals surface area (Å²) in [4.78, 5) is 11.8. The van der Waals surface area contributed by atoms with E-state index in [-0.39, 0.29) is 5.78 Å². The molecule has 0 bridgehead atoms. The zero-order valence-electron chi connectivity index (χ0n) is 8.71. The van der Waals surface area contributed by atoms with Crippen LogP contribution in [-0.4, -0.2) is 11.5 Å². The van der Waals surface area contributed by atoms with Crippen LogP contribution in [-0.2, 0) is 4.79 Å². The topological polar surface area (TPSA) is 17.1 Å². The number of hydrogen-bond acceptors (Lipinski definition) is 2. The van der Waals surface area contributed by atoms with Gasteiger partial charge in [-0.3, -0.25) is 4.79 Å². The van der Waals surface area contributed by atoms with E-state index in [1.807, 2.05) is 38.1 Å². The van der Waals surface area contributed by atoms with Gasteiger partial charge >= 0.3 is 0 Å². The Morgan fingerprint density at radius 3 is 2.21 bits per heavy atom. The summed E-state index contributed by atoms with van der Waals surface area (Å²) in [5.41, 5.74) is 0. The van der Waals surface area contributed by atoms with Crippen molar-refractivity contribution in [2.24, 2.45) is 0 Å². The van der Waals surface area contributed by atoms with Crippen LogP contribution in [0.1, 0.15) is 20.8 Å². The van der Waals surface area contributed by atoms with Crippen molar-refractivity contribution in [3.8, 4) is 0 Å². The second-order valence-corrected chi connectivity index (χ2v) is 4.41. The zero-order valence-corrected chi connectivity index (χ0v) is 11.1. The maximum absolute atomic E-state index is 10.7. The summed E-state index contributed by atoms with van der Waals surface area (Å²) in [5, 5.41) is 0. The Labute approximate surface area is 98.4 Å². The lowest BCUT2D eigenvalue weighted by atomic mass is 10.4. The van der Waals surface area contributed by atoms with E-state index in [0.29, 0.717) is 5.75 Å². The maximum atomic E-state index is 10.7. The molecule has 0 amide bonds. The highest BCUT2D eigenvalue weighted by molar-refractivity contribution is 9.10. The van der Waals surface area contributed by atoms with Crippen LogP contribution in [0, 0.1) is 0 Å². The fourth-order valence-electron chi connectivity index (χ4n) is 0.716. The Hall–Kier alpha value is -0.280. The summed E-state index contributed by atoms with van der Waals surface area (Å²) >= 11 is 4.92. The Balaban J connectivity index is 0.000000791. The van der Waals surface area contributed by atoms with Gasteiger partial charge in [-0.2, -0.15) is 0 Å². The predicted molar refractivity (Wildman–Crippen MR) is 66.9 cm³/mol. The number of rotatable bonds is 3. The first kappa shape index (κ1) is 13.7. The quantitative estimate of drug-likeness (QED) is 0.770. The number of halogens is 1. The fourth-order valence-corrected chi connectivity index (χ4v) is 1.68. The maximum Gasteiger partial charge on any atom is 0.140 e. The van der Waals surface area contributed by atoms with Gasteiger partial charge in [0.25, 0.3) is 0 Å². The molecule has 1 rings (SSSR count). The largest absolute Gasteiger partial charge is 0.299 e. The predicted octanol–water partition coefficient (Wildman–Crippen LogP) is 4.16. The molecule has 0 unspecified atom stereocenters. The van der Waals surface area contributed by atoms with Crippen LogP contribution in [0.2, 0.25) is 0 Å². The molecule has 0 N–H and O–H groups in total. The first-order chi connectivity index (χ1) is 6.68. The molecule has 0 aliphatic rings. The lowest BCUT2D eigenvalue weighted by Gasteiger charge is -1.97. The van der Waals surface area contributed by atoms with Gasteiger partial charge in [0.05, 0.1) is 5.75 Å². The van der Waals surface area contributed by atoms with Crippen molar-refractivity contribution >= 4 is 33.5 Å². The molecule has 0 spiro atoms. The highest BCUT2D eigenvalue weighted by Gasteiger charge is 1.96. The summed E-state index contributed by atoms with van der Waals surface area (Å²) in [7, 11) is 0. The van der Waals surface area contributed by atoms with Crippen LogP contribution in [0.25, 0.3) is 0 Å². The summed E-state index contributed by atoms with van der Waals surface area (Å²) < 4.78 is 1.06. The molecule has 0 saturated heterocycles. The summed E-state index contributed by atoms with van der Waals surface area (Å²) in [5.74, 6) is 0.768. The average molecular weight is 275 g/mol. The smallest absolute Gasteiger partial charge is 0.140 e. The molecule has 0 fully saturated rings. The van der Waals surface area contributed by atoms with Gasteiger partial charge < -0.3 is 0 Å². The SMILES string of the molecule is CC.CC(=O)CSc1ccc(Br)cc1. The molecule has 3 heteroatoms. The second-order valence-electron chi connectivity index (χ2n) is 2.44. The third-order valence-electron chi connectivity index (χ3n) is 1.26. The van der Waals surface area contributed by atoms with E-state index in [2.05, 4.69) is 15.9 Å². The van der Waals surface area contributed by atoms with Crippen LogP contribution in [0.4, 0.5) is 0 Å². The molecule has 0 aliphatic heterocycles. The molecular weight excluding hydrogens is 260 g/mol. The number of carbonyl (C=O) groups is 1. The van der Waals surface area contributed by atoms with Crippen molar-refractivity contribution < 1.29 is 4.79 Å². The van der Waals surface area contributed by atoms with Gasteiger partial charge in [-0.05, 0) is 31.2 Å². The van der Waals surface area contributed by atoms with Crippen LogP contribution in [0.3, 0.4) is 0 Å². The Kier molecular flexibility index (Phi) is 7.90. The minimum absolute atomic E-state index is 0.211. The molecule has 1 nitrogen and oxygen atoms in total. The summed E-state index contributed by atoms with van der Waals surface area (Å²) in [6, 6.07) is 7.94. The molecule has 1 aromatic carbocycles. The van der Waals surface area contributed by atoms with Crippen LogP contribution < -0.4 is 0 Å². The number of thioether (sulfide) groups is 1. The average Bonchev–Trinajstić information content (AvgIpc) is 2.20. The molecule has 0 heterocycles. The number of ketones is 1. The van der Waals surface area contributed by atoms with E-state index in [4.69, 9.17) is 0 Å². The Morgan fingerprint density at radius 1 is 1.29 bits per heavy atom. The number of hydrogen-bond donors (Lipinski definition) is 0. The zero-order chi connectivity index (χ0) is 11.0. The van der Waals surface area contributed by atoms with Gasteiger partial charge in [-0.25, -0.2) is 0 Å². The molecule has 78 valence electrons. The lowest BCUT2D eigenvalue weighted by molar-refractivity contribution is -0.114. The summed E-state index contributed by atoms with van der Waals surface area (Å²) in [6.45, 7) is 5.60. The molecule has 0 aromatic heterocycles. The first-order valence-electron chi connectivity index (χ1n) is 4.56. The van der Waals surface area contributed by atoms with Crippen LogP contribution in [0.15, 0.2) is 33.6 Å². The van der Waals surface area contributed by atoms with Crippen molar-refractivity contribution in [3.63, 3.8) is 0 Å². The van der Waals surface area contributed by atoms with Gasteiger partial charge in [0.2, 0.25) is 0 Å². The monoisotopic (exact) mass is 274 g/mol. The Bertz CT molecular complexity index is 269. The standard InChI is InChI=1S/C9H9BrOS.C2H6/c1-7(11)6-12-9-4-2-8(10)3-5-9;1-2/h2-5H,6H2,1H3;1-2H3.